The zero-order valence-corrected chi connectivity index (χ0v) is 4.42. The number of hydrogen-bond donors (Lipinski definition) is 0. The van der Waals surface area contributed by atoms with Crippen LogP contribution < -0.4 is 5.73 Å². The smallest absolute Gasteiger partial charge is 0.291 e. The molecule has 0 aliphatic carbocycles. The molecule has 1 amide bonds. The molecule has 0 aliphatic rings. The van der Waals surface area contributed by atoms with Crippen LogP contribution in [0, 0.1) is 0 Å². The van der Waals surface area contributed by atoms with Gasteiger partial charge in [0.2, 0.25) is 0 Å². The molecule has 0 bridgehead atoms. The van der Waals surface area contributed by atoms with E-state index in [0.717, 1.165) is 6.08 Å². The van der Waals surface area contributed by atoms with E-state index < -0.39 is 5.91 Å². The molecule has 42 valence electrons. The molecule has 0 atom stereocenters. The number of amides is 1. The molecule has 0 aromatic rings. The lowest BCUT2D eigenvalue weighted by Crippen LogP contribution is -1.98. The van der Waals surface area contributed by atoms with Gasteiger partial charge in [-0.3, -0.25) is 9.59 Å². The van der Waals surface area contributed by atoms with Gasteiger partial charge in [-0.2, -0.15) is 0 Å². The molecule has 0 aromatic carbocycles. The first-order valence-corrected chi connectivity index (χ1v) is 2.04. The summed E-state index contributed by atoms with van der Waals surface area (Å²) in [7, 11) is 0. The summed E-state index contributed by atoms with van der Waals surface area (Å²) in [4.78, 5) is 19.4. The zero-order valence-electron chi connectivity index (χ0n) is 4.42. The fraction of sp³-hybridized carbons (Fsp3) is 0.200. The average Bonchev–Trinajstić information content (AvgIpc) is 1.67. The summed E-state index contributed by atoms with van der Waals surface area (Å²) in [6.07, 6.45) is 1.45. The van der Waals surface area contributed by atoms with Crippen molar-refractivity contribution < 1.29 is 9.59 Å². The summed E-state index contributed by atoms with van der Waals surface area (Å²) >= 11 is 0. The van der Waals surface area contributed by atoms with Crippen molar-refractivity contribution >= 4 is 12.2 Å². The standard InChI is InChI=1S/C5H5NO2/c1-4(2-3-7)5(6)8/h2-3H,1H3/b4-2-. The second-order valence-corrected chi connectivity index (χ2v) is 1.29. The Morgan fingerprint density at radius 2 is 2.12 bits per heavy atom. The Kier molecular flexibility index (Phi) is 2.54. The van der Waals surface area contributed by atoms with Crippen LogP contribution in [0.2, 0.25) is 0 Å². The molecule has 0 spiro atoms. The largest absolute Gasteiger partial charge is 0.299 e. The quantitative estimate of drug-likeness (QED) is 0.363. The number of rotatable bonds is 2. The Bertz CT molecular complexity index is 137. The van der Waals surface area contributed by atoms with Gasteiger partial charge in [0.15, 0.2) is 0 Å². The number of allylic oxidation sites excluding steroid dienone is 1. The van der Waals surface area contributed by atoms with Gasteiger partial charge in [0, 0.05) is 5.57 Å². The topological polar surface area (TPSA) is 56.4 Å². The van der Waals surface area contributed by atoms with Crippen molar-refractivity contribution in [3.05, 3.63) is 11.6 Å². The first-order chi connectivity index (χ1) is 3.68. The van der Waals surface area contributed by atoms with Crippen LogP contribution in [0.15, 0.2) is 11.6 Å². The molecule has 0 saturated carbocycles. The monoisotopic (exact) mass is 111 g/mol. The predicted molar refractivity (Wildman–Crippen MR) is 27.0 cm³/mol. The molecule has 2 radical (unpaired) electrons. The summed E-state index contributed by atoms with van der Waals surface area (Å²) in [5, 5.41) is 0. The third kappa shape index (κ3) is 2.12. The number of aldehydes is 1. The Morgan fingerprint density at radius 3 is 2.25 bits per heavy atom. The van der Waals surface area contributed by atoms with E-state index in [0.29, 0.717) is 6.29 Å². The van der Waals surface area contributed by atoms with E-state index in [1.165, 1.54) is 6.92 Å². The van der Waals surface area contributed by atoms with Crippen molar-refractivity contribution in [2.24, 2.45) is 0 Å². The lowest BCUT2D eigenvalue weighted by molar-refractivity contribution is -0.115. The molecule has 0 aromatic heterocycles. The van der Waals surface area contributed by atoms with E-state index in [1.807, 2.05) is 0 Å². The van der Waals surface area contributed by atoms with Crippen LogP contribution in [-0.2, 0) is 9.59 Å². The Morgan fingerprint density at radius 1 is 1.62 bits per heavy atom. The number of hydrogen-bond acceptors (Lipinski definition) is 2. The molecule has 3 heteroatoms. The fourth-order valence-corrected chi connectivity index (χ4v) is 0.173. The lowest BCUT2D eigenvalue weighted by Gasteiger charge is -1.81. The molecule has 3 nitrogen and oxygen atoms in total. The van der Waals surface area contributed by atoms with Crippen LogP contribution in [0.5, 0.6) is 0 Å². The van der Waals surface area contributed by atoms with Gasteiger partial charge in [-0.05, 0) is 13.0 Å². The maximum atomic E-state index is 9.86. The molecule has 0 N–H and O–H groups in total. The molecule has 0 rings (SSSR count). The van der Waals surface area contributed by atoms with Crippen LogP contribution >= 0.6 is 0 Å². The number of nitrogens with zero attached hydrogens (tertiary/aromatic N) is 1. The summed E-state index contributed by atoms with van der Waals surface area (Å²) < 4.78 is 0. The SMILES string of the molecule is C/C(=C/C=O)C([N])=O. The maximum Gasteiger partial charge on any atom is 0.291 e. The first kappa shape index (κ1) is 6.88. The third-order valence-electron chi connectivity index (χ3n) is 0.655. The zero-order chi connectivity index (χ0) is 6.57. The molecule has 0 fully saturated rings. The van der Waals surface area contributed by atoms with Crippen LogP contribution in [0.4, 0.5) is 0 Å². The Labute approximate surface area is 47.2 Å². The highest BCUT2D eigenvalue weighted by molar-refractivity contribution is 5.94. The molecule has 0 unspecified atom stereocenters. The fourth-order valence-electron chi connectivity index (χ4n) is 0.173. The minimum Gasteiger partial charge on any atom is -0.299 e. The van der Waals surface area contributed by atoms with Gasteiger partial charge < -0.3 is 0 Å². The first-order valence-electron chi connectivity index (χ1n) is 2.04. The predicted octanol–water partition coefficient (Wildman–Crippen LogP) is -0.273. The van der Waals surface area contributed by atoms with Gasteiger partial charge in [-0.25, -0.2) is 0 Å². The van der Waals surface area contributed by atoms with Crippen molar-refractivity contribution in [1.82, 2.24) is 5.73 Å². The van der Waals surface area contributed by atoms with E-state index in [4.69, 9.17) is 5.73 Å². The second kappa shape index (κ2) is 2.96. The summed E-state index contributed by atoms with van der Waals surface area (Å²) in [5.41, 5.74) is 8.14. The molecular formula is C5H5NO2. The minimum absolute atomic E-state index is 0.0556. The van der Waals surface area contributed by atoms with Crippen molar-refractivity contribution in [3.8, 4) is 0 Å². The highest BCUT2D eigenvalue weighted by atomic mass is 16.1. The highest BCUT2D eigenvalue weighted by Crippen LogP contribution is 1.86. The average molecular weight is 111 g/mol. The van der Waals surface area contributed by atoms with Crippen LogP contribution in [0.3, 0.4) is 0 Å². The van der Waals surface area contributed by atoms with Gasteiger partial charge in [0.1, 0.15) is 6.29 Å². The van der Waals surface area contributed by atoms with Gasteiger partial charge in [0.05, 0.1) is 0 Å². The minimum atomic E-state index is -1.06. The van der Waals surface area contributed by atoms with Gasteiger partial charge in [-0.1, -0.05) is 0 Å². The summed E-state index contributed by atoms with van der Waals surface area (Å²) in [5.74, 6) is -1.06. The van der Waals surface area contributed by atoms with E-state index >= 15 is 0 Å². The van der Waals surface area contributed by atoms with E-state index in [2.05, 4.69) is 0 Å². The van der Waals surface area contributed by atoms with E-state index in [9.17, 15) is 9.59 Å². The van der Waals surface area contributed by atoms with Crippen LogP contribution in [0.25, 0.3) is 0 Å². The Balaban J connectivity index is 3.99. The van der Waals surface area contributed by atoms with Crippen molar-refractivity contribution in [1.29, 1.82) is 0 Å². The van der Waals surface area contributed by atoms with Gasteiger partial charge >= 0.3 is 0 Å². The van der Waals surface area contributed by atoms with Crippen molar-refractivity contribution in [3.63, 3.8) is 0 Å². The third-order valence-corrected chi connectivity index (χ3v) is 0.655. The molecular weight excluding hydrogens is 106 g/mol. The highest BCUT2D eigenvalue weighted by Gasteiger charge is 1.96. The van der Waals surface area contributed by atoms with Crippen molar-refractivity contribution in [2.45, 2.75) is 6.92 Å². The maximum absolute atomic E-state index is 9.86. The normalized spacial score (nSPS) is 10.9. The van der Waals surface area contributed by atoms with Crippen LogP contribution in [-0.4, -0.2) is 12.2 Å². The van der Waals surface area contributed by atoms with Crippen molar-refractivity contribution in [2.75, 3.05) is 0 Å². The van der Waals surface area contributed by atoms with Gasteiger partial charge in [-0.15, -0.1) is 5.73 Å². The second-order valence-electron chi connectivity index (χ2n) is 1.29. The molecule has 0 saturated heterocycles. The lowest BCUT2D eigenvalue weighted by atomic mass is 10.3. The Hall–Kier alpha value is -1.12. The summed E-state index contributed by atoms with van der Waals surface area (Å²) in [6, 6.07) is 0. The van der Waals surface area contributed by atoms with E-state index in [-0.39, 0.29) is 5.57 Å². The molecule has 8 heavy (non-hydrogen) atoms. The van der Waals surface area contributed by atoms with Gasteiger partial charge in [0.25, 0.3) is 5.91 Å². The summed E-state index contributed by atoms with van der Waals surface area (Å²) in [6.45, 7) is 1.36. The number of carbonyl (C=O) groups excluding carboxylic acids is 2. The van der Waals surface area contributed by atoms with Crippen LogP contribution in [0.1, 0.15) is 6.92 Å². The molecule has 0 heterocycles. The number of carbonyl (C=O) groups is 2. The van der Waals surface area contributed by atoms with E-state index in [1.54, 1.807) is 0 Å². The molecule has 0 aliphatic heterocycles.